The van der Waals surface area contributed by atoms with Gasteiger partial charge in [0, 0.05) is 23.3 Å². The lowest BCUT2D eigenvalue weighted by molar-refractivity contribution is -0.120. The molecule has 2 aliphatic heterocycles. The lowest BCUT2D eigenvalue weighted by Gasteiger charge is -2.14. The zero-order valence-corrected chi connectivity index (χ0v) is 16.2. The maximum absolute atomic E-state index is 13.0. The normalized spacial score (nSPS) is 16.5. The van der Waals surface area contributed by atoms with E-state index in [0.29, 0.717) is 45.6 Å². The topological polar surface area (TPSA) is 83.5 Å². The molecule has 0 N–H and O–H groups in total. The third-order valence-electron chi connectivity index (χ3n) is 4.75. The smallest absolute Gasteiger partial charge is 0.261 e. The minimum Gasteiger partial charge on any atom is -0.496 e. The Bertz CT molecular complexity index is 1030. The second-order valence-electron chi connectivity index (χ2n) is 6.37. The highest BCUT2D eigenvalue weighted by Crippen LogP contribution is 2.39. The maximum atomic E-state index is 13.0. The van der Waals surface area contributed by atoms with Gasteiger partial charge < -0.3 is 23.7 Å². The first-order chi connectivity index (χ1) is 14.0. The molecule has 2 aliphatic rings. The number of nitrogens with zero attached hydrogens (tertiary/aromatic N) is 1. The predicted molar refractivity (Wildman–Crippen MR) is 104 cm³/mol. The third-order valence-corrected chi connectivity index (χ3v) is 4.75. The minimum absolute atomic E-state index is 0.0230. The average molecular weight is 397 g/mol. The largest absolute Gasteiger partial charge is 0.496 e. The molecule has 1 fully saturated rings. The number of carbonyl (C=O) groups excluding carboxylic acids is 2. The number of carbonyl (C=O) groups is 2. The van der Waals surface area contributed by atoms with Crippen LogP contribution in [0.1, 0.15) is 12.0 Å². The van der Waals surface area contributed by atoms with Crippen LogP contribution in [0.25, 0.3) is 6.08 Å². The van der Waals surface area contributed by atoms with E-state index in [0.717, 1.165) is 4.90 Å². The first-order valence-corrected chi connectivity index (χ1v) is 8.83. The van der Waals surface area contributed by atoms with E-state index in [4.69, 9.17) is 23.7 Å². The molecule has 0 bridgehead atoms. The van der Waals surface area contributed by atoms with Crippen LogP contribution in [0.2, 0.25) is 0 Å². The molecular weight excluding hydrogens is 378 g/mol. The number of benzene rings is 2. The fraction of sp³-hybridized carbons (Fsp3) is 0.238. The van der Waals surface area contributed by atoms with Gasteiger partial charge in [0.15, 0.2) is 23.0 Å². The van der Waals surface area contributed by atoms with Crippen molar-refractivity contribution in [3.8, 4) is 28.7 Å². The number of ether oxygens (including phenoxy) is 5. The third kappa shape index (κ3) is 3.22. The molecule has 8 heteroatoms. The zero-order chi connectivity index (χ0) is 20.5. The number of hydrogen-bond acceptors (Lipinski definition) is 7. The predicted octanol–water partition coefficient (Wildman–Crippen LogP) is 2.79. The van der Waals surface area contributed by atoms with Gasteiger partial charge in [0.2, 0.25) is 12.7 Å². The summed E-state index contributed by atoms with van der Waals surface area (Å²) in [4.78, 5) is 26.7. The molecule has 0 saturated carbocycles. The first kappa shape index (κ1) is 18.7. The fourth-order valence-corrected chi connectivity index (χ4v) is 3.33. The van der Waals surface area contributed by atoms with E-state index in [1.165, 1.54) is 21.3 Å². The minimum atomic E-state index is -0.397. The Morgan fingerprint density at radius 2 is 1.59 bits per heavy atom. The quantitative estimate of drug-likeness (QED) is 0.567. The second-order valence-corrected chi connectivity index (χ2v) is 6.37. The lowest BCUT2D eigenvalue weighted by Crippen LogP contribution is -2.28. The van der Waals surface area contributed by atoms with Crippen LogP contribution in [0.4, 0.5) is 5.69 Å². The van der Waals surface area contributed by atoms with Crippen molar-refractivity contribution >= 4 is 23.6 Å². The first-order valence-electron chi connectivity index (χ1n) is 8.83. The van der Waals surface area contributed by atoms with Crippen LogP contribution in [0.3, 0.4) is 0 Å². The molecule has 2 amide bonds. The van der Waals surface area contributed by atoms with Gasteiger partial charge in [-0.1, -0.05) is 0 Å². The number of imide groups is 1. The van der Waals surface area contributed by atoms with E-state index in [9.17, 15) is 9.59 Å². The Kier molecular flexibility index (Phi) is 4.75. The van der Waals surface area contributed by atoms with Crippen molar-refractivity contribution in [2.45, 2.75) is 6.42 Å². The van der Waals surface area contributed by atoms with E-state index in [1.807, 2.05) is 0 Å². The molecule has 150 valence electrons. The highest BCUT2D eigenvalue weighted by atomic mass is 16.7. The molecule has 0 atom stereocenters. The number of anilines is 1. The number of hydrogen-bond donors (Lipinski definition) is 0. The van der Waals surface area contributed by atoms with Crippen molar-refractivity contribution in [3.05, 3.63) is 41.5 Å². The SMILES string of the molecule is COc1cc(OC)c(OC)cc1C=C1CC(=O)N(c2ccc3c(c2)OCO3)C1=O. The molecule has 1 saturated heterocycles. The van der Waals surface area contributed by atoms with E-state index in [-0.39, 0.29) is 19.1 Å². The summed E-state index contributed by atoms with van der Waals surface area (Å²) >= 11 is 0. The molecule has 2 heterocycles. The van der Waals surface area contributed by atoms with Crippen molar-refractivity contribution in [3.63, 3.8) is 0 Å². The monoisotopic (exact) mass is 397 g/mol. The number of fused-ring (bicyclic) bond motifs is 1. The van der Waals surface area contributed by atoms with Crippen molar-refractivity contribution < 1.29 is 33.3 Å². The summed E-state index contributed by atoms with van der Waals surface area (Å²) in [5.41, 5.74) is 1.39. The molecule has 0 radical (unpaired) electrons. The summed E-state index contributed by atoms with van der Waals surface area (Å²) in [7, 11) is 4.56. The molecule has 2 aromatic carbocycles. The van der Waals surface area contributed by atoms with Gasteiger partial charge in [-0.15, -0.1) is 0 Å². The van der Waals surface area contributed by atoms with Crippen LogP contribution in [0.5, 0.6) is 28.7 Å². The number of rotatable bonds is 5. The van der Waals surface area contributed by atoms with Gasteiger partial charge in [0.05, 0.1) is 33.4 Å². The van der Waals surface area contributed by atoms with Crippen LogP contribution in [-0.4, -0.2) is 39.9 Å². The fourth-order valence-electron chi connectivity index (χ4n) is 3.33. The summed E-state index contributed by atoms with van der Waals surface area (Å²) < 4.78 is 26.6. The van der Waals surface area contributed by atoms with Gasteiger partial charge in [-0.3, -0.25) is 9.59 Å². The van der Waals surface area contributed by atoms with Crippen LogP contribution >= 0.6 is 0 Å². The van der Waals surface area contributed by atoms with E-state index >= 15 is 0 Å². The standard InChI is InChI=1S/C21H19NO7/c1-25-16-10-18(27-3)17(26-2)7-12(16)6-13-8-20(23)22(21(13)24)14-4-5-15-19(9-14)29-11-28-15/h4-7,9-10H,8,11H2,1-3H3. The van der Waals surface area contributed by atoms with Gasteiger partial charge in [-0.2, -0.15) is 0 Å². The summed E-state index contributed by atoms with van der Waals surface area (Å²) in [6.45, 7) is 0.116. The van der Waals surface area contributed by atoms with Crippen molar-refractivity contribution in [1.82, 2.24) is 0 Å². The number of amides is 2. The van der Waals surface area contributed by atoms with Gasteiger partial charge in [0.1, 0.15) is 5.75 Å². The molecule has 0 aromatic heterocycles. The van der Waals surface area contributed by atoms with Gasteiger partial charge in [0.25, 0.3) is 5.91 Å². The lowest BCUT2D eigenvalue weighted by atomic mass is 10.1. The average Bonchev–Trinajstić information content (AvgIpc) is 3.31. The van der Waals surface area contributed by atoms with Crippen LogP contribution in [0.15, 0.2) is 35.9 Å². The molecule has 0 unspecified atom stereocenters. The Morgan fingerprint density at radius 3 is 2.31 bits per heavy atom. The highest BCUT2D eigenvalue weighted by Gasteiger charge is 2.36. The Labute approximate surface area is 167 Å². The maximum Gasteiger partial charge on any atom is 0.261 e. The van der Waals surface area contributed by atoms with Crippen molar-refractivity contribution in [2.24, 2.45) is 0 Å². The Balaban J connectivity index is 1.69. The molecule has 0 aliphatic carbocycles. The van der Waals surface area contributed by atoms with Crippen molar-refractivity contribution in [2.75, 3.05) is 33.0 Å². The second kappa shape index (κ2) is 7.38. The van der Waals surface area contributed by atoms with Crippen LogP contribution < -0.4 is 28.6 Å². The van der Waals surface area contributed by atoms with Crippen molar-refractivity contribution in [1.29, 1.82) is 0 Å². The van der Waals surface area contributed by atoms with E-state index in [2.05, 4.69) is 0 Å². The van der Waals surface area contributed by atoms with Gasteiger partial charge >= 0.3 is 0 Å². The van der Waals surface area contributed by atoms with E-state index in [1.54, 1.807) is 36.4 Å². The number of methoxy groups -OCH3 is 3. The summed E-state index contributed by atoms with van der Waals surface area (Å²) in [5, 5.41) is 0. The Morgan fingerprint density at radius 1 is 0.897 bits per heavy atom. The molecule has 2 aromatic rings. The highest BCUT2D eigenvalue weighted by molar-refractivity contribution is 6.29. The summed E-state index contributed by atoms with van der Waals surface area (Å²) in [6, 6.07) is 8.33. The van der Waals surface area contributed by atoms with Gasteiger partial charge in [-0.05, 0) is 24.3 Å². The zero-order valence-electron chi connectivity index (χ0n) is 16.2. The van der Waals surface area contributed by atoms with Crippen LogP contribution in [-0.2, 0) is 9.59 Å². The molecule has 4 rings (SSSR count). The summed E-state index contributed by atoms with van der Waals surface area (Å²) in [6.07, 6.45) is 1.61. The Hall–Kier alpha value is -3.68. The van der Waals surface area contributed by atoms with Crippen LogP contribution in [0, 0.1) is 0 Å². The molecule has 8 nitrogen and oxygen atoms in total. The molecule has 0 spiro atoms. The molecule has 29 heavy (non-hydrogen) atoms. The van der Waals surface area contributed by atoms with E-state index < -0.39 is 5.91 Å². The molecular formula is C21H19NO7. The van der Waals surface area contributed by atoms with Gasteiger partial charge in [-0.25, -0.2) is 4.90 Å². The summed E-state index contributed by atoms with van der Waals surface area (Å²) in [5.74, 6) is 1.86.